The topological polar surface area (TPSA) is 38.7 Å². The van der Waals surface area contributed by atoms with Gasteiger partial charge in [0.25, 0.3) is 0 Å². The predicted octanol–water partition coefficient (Wildman–Crippen LogP) is 1.86. The fourth-order valence-corrected chi connectivity index (χ4v) is 2.00. The number of aliphatic hydroxyl groups is 1. The van der Waals surface area contributed by atoms with Crippen molar-refractivity contribution < 1.29 is 14.6 Å². The van der Waals surface area contributed by atoms with Crippen molar-refractivity contribution >= 4 is 0 Å². The van der Waals surface area contributed by atoms with Crippen molar-refractivity contribution in [3.05, 3.63) is 11.6 Å². The molecule has 0 aromatic rings. The standard InChI is InChI=1S/C11H20O3/c1-11(12,10(13-2)14-3)9-7-5-4-6-8-9/h7,10,12H,4-6,8H2,1-3H3. The molecule has 0 saturated heterocycles. The minimum Gasteiger partial charge on any atom is -0.380 e. The highest BCUT2D eigenvalue weighted by Gasteiger charge is 2.36. The maximum atomic E-state index is 10.3. The second kappa shape index (κ2) is 4.91. The molecule has 14 heavy (non-hydrogen) atoms. The number of hydrogen-bond acceptors (Lipinski definition) is 3. The predicted molar refractivity (Wildman–Crippen MR) is 55.0 cm³/mol. The van der Waals surface area contributed by atoms with E-state index in [1.807, 2.05) is 0 Å². The summed E-state index contributed by atoms with van der Waals surface area (Å²) in [5.41, 5.74) is 0.0432. The summed E-state index contributed by atoms with van der Waals surface area (Å²) in [4.78, 5) is 0. The normalized spacial score (nSPS) is 21.9. The summed E-state index contributed by atoms with van der Waals surface area (Å²) in [5.74, 6) is 0. The Bertz CT molecular complexity index is 205. The van der Waals surface area contributed by atoms with Crippen LogP contribution in [0.3, 0.4) is 0 Å². The quantitative estimate of drug-likeness (QED) is 0.556. The highest BCUT2D eigenvalue weighted by molar-refractivity contribution is 5.18. The molecule has 0 saturated carbocycles. The van der Waals surface area contributed by atoms with Crippen LogP contribution in [0.2, 0.25) is 0 Å². The monoisotopic (exact) mass is 200 g/mol. The Hall–Kier alpha value is -0.380. The molecule has 1 aliphatic carbocycles. The third-order valence-corrected chi connectivity index (χ3v) is 2.83. The Kier molecular flexibility index (Phi) is 4.11. The Morgan fingerprint density at radius 3 is 2.43 bits per heavy atom. The van der Waals surface area contributed by atoms with Gasteiger partial charge in [0.05, 0.1) is 0 Å². The molecule has 1 unspecified atom stereocenters. The Morgan fingerprint density at radius 2 is 2.00 bits per heavy atom. The molecular weight excluding hydrogens is 180 g/mol. The Balaban J connectivity index is 2.75. The molecule has 0 spiro atoms. The van der Waals surface area contributed by atoms with Crippen LogP contribution in [0.4, 0.5) is 0 Å². The second-order valence-corrected chi connectivity index (χ2v) is 3.93. The lowest BCUT2D eigenvalue weighted by Crippen LogP contribution is -2.44. The van der Waals surface area contributed by atoms with Crippen LogP contribution in [0.15, 0.2) is 11.6 Å². The van der Waals surface area contributed by atoms with Gasteiger partial charge < -0.3 is 14.6 Å². The minimum atomic E-state index is -0.996. The first-order chi connectivity index (χ1) is 6.62. The number of ether oxygens (including phenoxy) is 2. The minimum absolute atomic E-state index is 0.577. The Morgan fingerprint density at radius 1 is 1.36 bits per heavy atom. The summed E-state index contributed by atoms with van der Waals surface area (Å²) in [6.07, 6.45) is 5.87. The lowest BCUT2D eigenvalue weighted by atomic mass is 9.86. The first-order valence-electron chi connectivity index (χ1n) is 5.10. The van der Waals surface area contributed by atoms with Gasteiger partial charge in [0.1, 0.15) is 5.60 Å². The highest BCUT2D eigenvalue weighted by atomic mass is 16.7. The molecule has 1 rings (SSSR count). The molecular formula is C11H20O3. The largest absolute Gasteiger partial charge is 0.380 e. The summed E-state index contributed by atoms with van der Waals surface area (Å²) < 4.78 is 10.2. The molecule has 1 N–H and O–H groups in total. The number of rotatable bonds is 4. The van der Waals surface area contributed by atoms with Crippen LogP contribution in [0.5, 0.6) is 0 Å². The summed E-state index contributed by atoms with van der Waals surface area (Å²) in [5, 5.41) is 10.3. The zero-order chi connectivity index (χ0) is 10.6. The third-order valence-electron chi connectivity index (χ3n) is 2.83. The first-order valence-corrected chi connectivity index (χ1v) is 5.10. The smallest absolute Gasteiger partial charge is 0.189 e. The molecule has 0 fully saturated rings. The van der Waals surface area contributed by atoms with E-state index in [0.717, 1.165) is 24.8 Å². The molecule has 1 aliphatic rings. The Labute approximate surface area is 85.7 Å². The zero-order valence-electron chi connectivity index (χ0n) is 9.25. The van der Waals surface area contributed by atoms with Gasteiger partial charge in [-0.05, 0) is 38.2 Å². The third kappa shape index (κ3) is 2.35. The molecule has 3 heteroatoms. The van der Waals surface area contributed by atoms with Crippen LogP contribution in [-0.2, 0) is 9.47 Å². The van der Waals surface area contributed by atoms with Crippen LogP contribution in [-0.4, -0.2) is 31.2 Å². The van der Waals surface area contributed by atoms with Gasteiger partial charge in [0.15, 0.2) is 6.29 Å². The van der Waals surface area contributed by atoms with Crippen LogP contribution in [0.25, 0.3) is 0 Å². The maximum Gasteiger partial charge on any atom is 0.189 e. The molecule has 3 nitrogen and oxygen atoms in total. The number of hydrogen-bond donors (Lipinski definition) is 1. The van der Waals surface area contributed by atoms with E-state index in [-0.39, 0.29) is 0 Å². The van der Waals surface area contributed by atoms with Gasteiger partial charge in [-0.25, -0.2) is 0 Å². The average molecular weight is 200 g/mol. The maximum absolute atomic E-state index is 10.3. The van der Waals surface area contributed by atoms with Gasteiger partial charge in [-0.2, -0.15) is 0 Å². The molecule has 1 atom stereocenters. The van der Waals surface area contributed by atoms with E-state index in [1.165, 1.54) is 6.42 Å². The van der Waals surface area contributed by atoms with E-state index in [0.29, 0.717) is 0 Å². The van der Waals surface area contributed by atoms with E-state index in [1.54, 1.807) is 21.1 Å². The van der Waals surface area contributed by atoms with Crippen LogP contribution in [0.1, 0.15) is 32.6 Å². The van der Waals surface area contributed by atoms with Crippen LogP contribution < -0.4 is 0 Å². The molecule has 0 aromatic carbocycles. The van der Waals surface area contributed by atoms with Gasteiger partial charge in [0, 0.05) is 14.2 Å². The summed E-state index contributed by atoms with van der Waals surface area (Å²) in [6, 6.07) is 0. The van der Waals surface area contributed by atoms with Crippen molar-refractivity contribution in [1.82, 2.24) is 0 Å². The van der Waals surface area contributed by atoms with Gasteiger partial charge in [-0.3, -0.25) is 0 Å². The van der Waals surface area contributed by atoms with Gasteiger partial charge in [0.2, 0.25) is 0 Å². The van der Waals surface area contributed by atoms with Crippen molar-refractivity contribution in [2.45, 2.75) is 44.5 Å². The summed E-state index contributed by atoms with van der Waals surface area (Å²) >= 11 is 0. The number of methoxy groups -OCH3 is 2. The van der Waals surface area contributed by atoms with Crippen LogP contribution >= 0.6 is 0 Å². The molecule has 0 radical (unpaired) electrons. The average Bonchev–Trinajstić information content (AvgIpc) is 2.20. The molecule has 0 bridgehead atoms. The van der Waals surface area contributed by atoms with Crippen molar-refractivity contribution in [3.8, 4) is 0 Å². The summed E-state index contributed by atoms with van der Waals surface area (Å²) in [7, 11) is 3.10. The molecule has 0 amide bonds. The zero-order valence-corrected chi connectivity index (χ0v) is 9.25. The van der Waals surface area contributed by atoms with Crippen LogP contribution in [0, 0.1) is 0 Å². The SMILES string of the molecule is COC(OC)C(C)(O)C1=CCCCC1. The fourth-order valence-electron chi connectivity index (χ4n) is 2.00. The molecule has 82 valence electrons. The molecule has 0 aliphatic heterocycles. The van der Waals surface area contributed by atoms with E-state index < -0.39 is 11.9 Å². The van der Waals surface area contributed by atoms with E-state index >= 15 is 0 Å². The van der Waals surface area contributed by atoms with Crippen molar-refractivity contribution in [3.63, 3.8) is 0 Å². The second-order valence-electron chi connectivity index (χ2n) is 3.93. The lowest BCUT2D eigenvalue weighted by Gasteiger charge is -2.34. The molecule has 0 heterocycles. The molecule has 0 aromatic heterocycles. The van der Waals surface area contributed by atoms with Crippen molar-refractivity contribution in [1.29, 1.82) is 0 Å². The van der Waals surface area contributed by atoms with E-state index in [4.69, 9.17) is 9.47 Å². The van der Waals surface area contributed by atoms with Gasteiger partial charge in [-0.1, -0.05) is 6.08 Å². The van der Waals surface area contributed by atoms with Crippen molar-refractivity contribution in [2.24, 2.45) is 0 Å². The van der Waals surface area contributed by atoms with Gasteiger partial charge >= 0.3 is 0 Å². The summed E-state index contributed by atoms with van der Waals surface area (Å²) in [6.45, 7) is 1.75. The van der Waals surface area contributed by atoms with Gasteiger partial charge in [-0.15, -0.1) is 0 Å². The first kappa shape index (κ1) is 11.7. The number of allylic oxidation sites excluding steroid dienone is 1. The van der Waals surface area contributed by atoms with E-state index in [2.05, 4.69) is 6.08 Å². The lowest BCUT2D eigenvalue weighted by molar-refractivity contribution is -0.194. The fraction of sp³-hybridized carbons (Fsp3) is 0.818. The van der Waals surface area contributed by atoms with Crippen molar-refractivity contribution in [2.75, 3.05) is 14.2 Å². The van der Waals surface area contributed by atoms with E-state index in [9.17, 15) is 5.11 Å². The highest BCUT2D eigenvalue weighted by Crippen LogP contribution is 2.31.